The number of nitrogens with zero attached hydrogens (tertiary/aromatic N) is 2. The van der Waals surface area contributed by atoms with Crippen LogP contribution < -0.4 is 10.1 Å². The summed E-state index contributed by atoms with van der Waals surface area (Å²) >= 11 is 0. The van der Waals surface area contributed by atoms with Gasteiger partial charge >= 0.3 is 6.09 Å². The molecule has 1 unspecified atom stereocenters. The molecule has 9 heteroatoms. The van der Waals surface area contributed by atoms with Crippen LogP contribution in [0.3, 0.4) is 0 Å². The molecule has 0 saturated heterocycles. The summed E-state index contributed by atoms with van der Waals surface area (Å²) < 4.78 is 11.8. The smallest absolute Gasteiger partial charge is 0.410 e. The van der Waals surface area contributed by atoms with E-state index in [1.54, 1.807) is 57.0 Å². The highest BCUT2D eigenvalue weighted by atomic mass is 16.6. The van der Waals surface area contributed by atoms with Crippen LogP contribution in [0.1, 0.15) is 71.5 Å². The van der Waals surface area contributed by atoms with Gasteiger partial charge in [0.15, 0.2) is 0 Å². The zero-order valence-electron chi connectivity index (χ0n) is 21.7. The molecule has 0 bridgehead atoms. The first-order chi connectivity index (χ1) is 17.6. The Balaban J connectivity index is 1.67. The fourth-order valence-corrected chi connectivity index (χ4v) is 4.71. The second-order valence-electron chi connectivity index (χ2n) is 10.2. The van der Waals surface area contributed by atoms with Gasteiger partial charge in [-0.3, -0.25) is 24.2 Å². The number of hydrogen-bond acceptors (Lipinski definition) is 6. The molecule has 0 saturated carbocycles. The molecular formula is C28H33N3O6. The lowest BCUT2D eigenvalue weighted by Crippen LogP contribution is -2.48. The maximum atomic E-state index is 13.3. The molecule has 1 atom stereocenters. The lowest BCUT2D eigenvalue weighted by molar-refractivity contribution is -0.120. The van der Waals surface area contributed by atoms with Gasteiger partial charge in [0.1, 0.15) is 11.4 Å². The minimum atomic E-state index is -0.715. The number of nitrogens with one attached hydrogen (secondary N) is 1. The number of imide groups is 1. The summed E-state index contributed by atoms with van der Waals surface area (Å²) in [5, 5.41) is 2.59. The average Bonchev–Trinajstić information content (AvgIpc) is 3.10. The largest absolute Gasteiger partial charge is 0.493 e. The Labute approximate surface area is 216 Å². The molecule has 2 aromatic rings. The fourth-order valence-electron chi connectivity index (χ4n) is 4.71. The first-order valence-corrected chi connectivity index (χ1v) is 12.5. The number of benzene rings is 2. The van der Waals surface area contributed by atoms with Gasteiger partial charge in [0.25, 0.3) is 11.8 Å². The van der Waals surface area contributed by atoms with Crippen molar-refractivity contribution in [3.8, 4) is 5.75 Å². The highest BCUT2D eigenvalue weighted by Gasteiger charge is 2.42. The lowest BCUT2D eigenvalue weighted by Gasteiger charge is -2.40. The van der Waals surface area contributed by atoms with E-state index < -0.39 is 17.7 Å². The van der Waals surface area contributed by atoms with Gasteiger partial charge in [-0.2, -0.15) is 0 Å². The molecule has 196 valence electrons. The summed E-state index contributed by atoms with van der Waals surface area (Å²) in [5.74, 6) is -0.288. The molecule has 4 rings (SSSR count). The van der Waals surface area contributed by atoms with Crippen LogP contribution in [0.25, 0.3) is 0 Å². The van der Waals surface area contributed by atoms with Crippen LogP contribution in [-0.2, 0) is 16.0 Å². The Morgan fingerprint density at radius 3 is 2.32 bits per heavy atom. The fraction of sp³-hybridized carbons (Fsp3) is 0.429. The van der Waals surface area contributed by atoms with Crippen LogP contribution in [0.5, 0.6) is 5.75 Å². The van der Waals surface area contributed by atoms with Crippen LogP contribution in [-0.4, -0.2) is 66.0 Å². The Kier molecular flexibility index (Phi) is 7.52. The first-order valence-electron chi connectivity index (χ1n) is 12.5. The zero-order valence-corrected chi connectivity index (χ0v) is 21.7. The molecule has 2 aliphatic rings. The van der Waals surface area contributed by atoms with Crippen molar-refractivity contribution in [1.29, 1.82) is 0 Å². The van der Waals surface area contributed by atoms with E-state index >= 15 is 0 Å². The quantitative estimate of drug-likeness (QED) is 0.452. The van der Waals surface area contributed by atoms with Crippen molar-refractivity contribution in [2.75, 3.05) is 26.7 Å². The molecule has 0 aliphatic carbocycles. The maximum absolute atomic E-state index is 13.3. The molecule has 2 aliphatic heterocycles. The first kappa shape index (κ1) is 26.2. The standard InChI is InChI=1S/C28H33N3O6/c1-28(2,3)37-27(35)30-15-14-18-9-7-12-22(36-16-8-13-23(32)29-4)24(18)21(30)17-31-25(33)19-10-5-6-11-20(19)26(31)34/h5-7,9-12,21H,8,13-17H2,1-4H3,(H,29,32). The molecule has 2 heterocycles. The van der Waals surface area contributed by atoms with E-state index in [0.29, 0.717) is 49.3 Å². The summed E-state index contributed by atoms with van der Waals surface area (Å²) in [6.07, 6.45) is 0.896. The SMILES string of the molecule is CNC(=O)CCCOc1cccc2c1C(CN1C(=O)c3ccccc3C1=O)N(C(=O)OC(C)(C)C)CC2. The van der Waals surface area contributed by atoms with E-state index in [0.717, 1.165) is 11.1 Å². The van der Waals surface area contributed by atoms with E-state index in [9.17, 15) is 19.2 Å². The van der Waals surface area contributed by atoms with E-state index in [2.05, 4.69) is 5.32 Å². The number of hydrogen-bond donors (Lipinski definition) is 1. The molecule has 4 amide bonds. The minimum Gasteiger partial charge on any atom is -0.493 e. The van der Waals surface area contributed by atoms with Gasteiger partial charge in [-0.25, -0.2) is 4.79 Å². The van der Waals surface area contributed by atoms with E-state index in [-0.39, 0.29) is 24.3 Å². The number of carbonyl (C=O) groups is 4. The van der Waals surface area contributed by atoms with E-state index in [4.69, 9.17) is 9.47 Å². The van der Waals surface area contributed by atoms with Crippen LogP contribution >= 0.6 is 0 Å². The monoisotopic (exact) mass is 507 g/mol. The third-order valence-electron chi connectivity index (χ3n) is 6.43. The van der Waals surface area contributed by atoms with Crippen molar-refractivity contribution >= 4 is 23.8 Å². The molecule has 0 radical (unpaired) electrons. The Hall–Kier alpha value is -3.88. The summed E-state index contributed by atoms with van der Waals surface area (Å²) in [7, 11) is 1.59. The molecule has 37 heavy (non-hydrogen) atoms. The predicted octanol–water partition coefficient (Wildman–Crippen LogP) is 3.72. The molecule has 1 N–H and O–H groups in total. The molecular weight excluding hydrogens is 474 g/mol. The highest BCUT2D eigenvalue weighted by molar-refractivity contribution is 6.21. The Morgan fingerprint density at radius 2 is 1.70 bits per heavy atom. The van der Waals surface area contributed by atoms with Crippen LogP contribution in [0.2, 0.25) is 0 Å². The summed E-state index contributed by atoms with van der Waals surface area (Å²) in [4.78, 5) is 54.0. The van der Waals surface area contributed by atoms with E-state index in [1.165, 1.54) is 4.90 Å². The zero-order chi connectivity index (χ0) is 26.7. The topological polar surface area (TPSA) is 105 Å². The Bertz CT molecular complexity index is 1180. The minimum absolute atomic E-state index is 0.0306. The molecule has 9 nitrogen and oxygen atoms in total. The van der Waals surface area contributed by atoms with Crippen LogP contribution in [0.4, 0.5) is 4.79 Å². The third kappa shape index (κ3) is 5.60. The van der Waals surface area contributed by atoms with Gasteiger partial charge < -0.3 is 14.8 Å². The molecule has 0 fully saturated rings. The maximum Gasteiger partial charge on any atom is 0.410 e. The number of fused-ring (bicyclic) bond motifs is 2. The third-order valence-corrected chi connectivity index (χ3v) is 6.43. The van der Waals surface area contributed by atoms with Crippen molar-refractivity contribution in [2.45, 2.75) is 51.7 Å². The van der Waals surface area contributed by atoms with Gasteiger partial charge in [-0.15, -0.1) is 0 Å². The predicted molar refractivity (Wildman–Crippen MR) is 136 cm³/mol. The highest BCUT2D eigenvalue weighted by Crippen LogP contribution is 2.39. The van der Waals surface area contributed by atoms with E-state index in [1.807, 2.05) is 18.2 Å². The molecule has 2 aromatic carbocycles. The molecule has 0 aromatic heterocycles. The normalized spacial score (nSPS) is 16.8. The van der Waals surface area contributed by atoms with Gasteiger partial charge in [0.2, 0.25) is 5.91 Å². The second kappa shape index (κ2) is 10.6. The number of ether oxygens (including phenoxy) is 2. The number of carbonyl (C=O) groups excluding carboxylic acids is 4. The lowest BCUT2D eigenvalue weighted by atomic mass is 9.91. The van der Waals surface area contributed by atoms with Crippen molar-refractivity contribution in [3.05, 3.63) is 64.7 Å². The van der Waals surface area contributed by atoms with Gasteiger partial charge in [0, 0.05) is 25.6 Å². The summed E-state index contributed by atoms with van der Waals surface area (Å²) in [5.41, 5.74) is 1.71. The van der Waals surface area contributed by atoms with Crippen molar-refractivity contribution in [1.82, 2.24) is 15.1 Å². The van der Waals surface area contributed by atoms with Crippen molar-refractivity contribution in [3.63, 3.8) is 0 Å². The average molecular weight is 508 g/mol. The van der Waals surface area contributed by atoms with Crippen molar-refractivity contribution < 1.29 is 28.7 Å². The van der Waals surface area contributed by atoms with Crippen LogP contribution in [0.15, 0.2) is 42.5 Å². The summed E-state index contributed by atoms with van der Waals surface area (Å²) in [6.45, 7) is 6.03. The number of rotatable bonds is 7. The van der Waals surface area contributed by atoms with Gasteiger partial charge in [0.05, 0.1) is 30.3 Å². The second-order valence-corrected chi connectivity index (χ2v) is 10.2. The van der Waals surface area contributed by atoms with Crippen LogP contribution in [0, 0.1) is 0 Å². The van der Waals surface area contributed by atoms with Gasteiger partial charge in [-0.1, -0.05) is 24.3 Å². The summed E-state index contributed by atoms with van der Waals surface area (Å²) in [6, 6.07) is 11.7. The Morgan fingerprint density at radius 1 is 1.03 bits per heavy atom. The molecule has 0 spiro atoms. The van der Waals surface area contributed by atoms with Crippen molar-refractivity contribution in [2.24, 2.45) is 0 Å². The number of amides is 4. The van der Waals surface area contributed by atoms with Gasteiger partial charge in [-0.05, 0) is 57.4 Å².